The summed E-state index contributed by atoms with van der Waals surface area (Å²) >= 11 is 0. The van der Waals surface area contributed by atoms with Gasteiger partial charge in [0, 0.05) is 17.3 Å². The van der Waals surface area contributed by atoms with E-state index >= 15 is 0 Å². The summed E-state index contributed by atoms with van der Waals surface area (Å²) in [5.41, 5.74) is 1.64. The molecule has 0 bridgehead atoms. The number of nitrogens with one attached hydrogen (secondary N) is 1. The molecule has 1 amide bonds. The minimum Gasteiger partial charge on any atom is -0.457 e. The van der Waals surface area contributed by atoms with E-state index in [1.807, 2.05) is 32.0 Å². The van der Waals surface area contributed by atoms with Gasteiger partial charge in [-0.05, 0) is 55.3 Å². The maximum absolute atomic E-state index is 12.9. The van der Waals surface area contributed by atoms with Gasteiger partial charge in [0.1, 0.15) is 23.2 Å². The van der Waals surface area contributed by atoms with Crippen molar-refractivity contribution in [3.05, 3.63) is 82.6 Å². The van der Waals surface area contributed by atoms with Gasteiger partial charge in [-0.25, -0.2) is 0 Å². The molecule has 7 heteroatoms. The van der Waals surface area contributed by atoms with Crippen molar-refractivity contribution in [3.8, 4) is 17.4 Å². The summed E-state index contributed by atoms with van der Waals surface area (Å²) < 4.78 is 44.3. The lowest BCUT2D eigenvalue weighted by atomic mass is 10.1. The molecule has 0 fully saturated rings. The highest BCUT2D eigenvalue weighted by Gasteiger charge is 2.30. The molecule has 152 valence electrons. The molecule has 3 rings (SSSR count). The number of amides is 1. The molecule has 1 aromatic heterocycles. The number of carbonyl (C=O) groups excluding carboxylic acids is 1. The van der Waals surface area contributed by atoms with E-state index in [1.165, 1.54) is 30.3 Å². The summed E-state index contributed by atoms with van der Waals surface area (Å²) in [7, 11) is 0. The molecular weight excluding hydrogens is 393 g/mol. The molecule has 4 nitrogen and oxygen atoms in total. The number of hydrogen-bond donors (Lipinski definition) is 1. The van der Waals surface area contributed by atoms with Gasteiger partial charge in [0.2, 0.25) is 0 Å². The van der Waals surface area contributed by atoms with Crippen molar-refractivity contribution in [2.45, 2.75) is 20.0 Å². The van der Waals surface area contributed by atoms with Crippen LogP contribution in [0.15, 0.2) is 64.6 Å². The average Bonchev–Trinajstić information content (AvgIpc) is 3.17. The molecule has 0 radical (unpaired) electrons. The average molecular weight is 410 g/mol. The highest BCUT2D eigenvalue weighted by atomic mass is 19.4. The van der Waals surface area contributed by atoms with E-state index < -0.39 is 17.6 Å². The molecule has 0 aliphatic rings. The smallest absolute Gasteiger partial charge is 0.416 e. The zero-order valence-electron chi connectivity index (χ0n) is 16.2. The third-order valence-electron chi connectivity index (χ3n) is 4.39. The summed E-state index contributed by atoms with van der Waals surface area (Å²) in [6.07, 6.45) is -3.22. The quantitative estimate of drug-likeness (QED) is 0.416. The van der Waals surface area contributed by atoms with E-state index in [1.54, 1.807) is 6.07 Å². The minimum atomic E-state index is -4.47. The lowest BCUT2D eigenvalue weighted by Crippen LogP contribution is -2.14. The predicted octanol–water partition coefficient (Wildman–Crippen LogP) is 6.13. The Morgan fingerprint density at radius 2 is 1.87 bits per heavy atom. The van der Waals surface area contributed by atoms with E-state index in [2.05, 4.69) is 5.32 Å². The van der Waals surface area contributed by atoms with Crippen LogP contribution in [0.2, 0.25) is 0 Å². The number of furan rings is 1. The number of anilines is 1. The van der Waals surface area contributed by atoms with Gasteiger partial charge in [-0.1, -0.05) is 24.3 Å². The molecule has 0 saturated heterocycles. The summed E-state index contributed by atoms with van der Waals surface area (Å²) in [4.78, 5) is 12.5. The monoisotopic (exact) mass is 410 g/mol. The maximum Gasteiger partial charge on any atom is 0.416 e. The fourth-order valence-electron chi connectivity index (χ4n) is 2.79. The van der Waals surface area contributed by atoms with Crippen LogP contribution in [0.4, 0.5) is 18.9 Å². The molecule has 0 spiro atoms. The largest absolute Gasteiger partial charge is 0.457 e. The summed E-state index contributed by atoms with van der Waals surface area (Å²) in [5.74, 6) is -0.238. The van der Waals surface area contributed by atoms with Crippen LogP contribution in [0.3, 0.4) is 0 Å². The van der Waals surface area contributed by atoms with Gasteiger partial charge in [0.15, 0.2) is 0 Å². The molecule has 30 heavy (non-hydrogen) atoms. The van der Waals surface area contributed by atoms with Gasteiger partial charge in [-0.15, -0.1) is 0 Å². The highest BCUT2D eigenvalue weighted by Crippen LogP contribution is 2.33. The second-order valence-electron chi connectivity index (χ2n) is 6.72. The van der Waals surface area contributed by atoms with Crippen LogP contribution in [-0.4, -0.2) is 5.91 Å². The van der Waals surface area contributed by atoms with Crippen LogP contribution in [0.1, 0.15) is 22.5 Å². The zero-order chi connectivity index (χ0) is 21.9. The first kappa shape index (κ1) is 20.9. The molecule has 0 aliphatic carbocycles. The van der Waals surface area contributed by atoms with E-state index in [9.17, 15) is 23.2 Å². The first-order valence-electron chi connectivity index (χ1n) is 8.95. The highest BCUT2D eigenvalue weighted by molar-refractivity contribution is 6.09. The summed E-state index contributed by atoms with van der Waals surface area (Å²) in [6, 6.07) is 15.1. The van der Waals surface area contributed by atoms with Crippen LogP contribution in [0.5, 0.6) is 0 Å². The van der Waals surface area contributed by atoms with E-state index in [-0.39, 0.29) is 22.7 Å². The number of aryl methyl sites for hydroxylation is 2. The van der Waals surface area contributed by atoms with Crippen molar-refractivity contribution in [1.82, 2.24) is 0 Å². The lowest BCUT2D eigenvalue weighted by molar-refractivity contribution is -0.137. The summed E-state index contributed by atoms with van der Waals surface area (Å²) in [6.45, 7) is 3.72. The minimum absolute atomic E-state index is 0.176. The topological polar surface area (TPSA) is 66.0 Å². The Kier molecular flexibility index (Phi) is 5.79. The van der Waals surface area contributed by atoms with Gasteiger partial charge in [-0.2, -0.15) is 18.4 Å². The van der Waals surface area contributed by atoms with Crippen molar-refractivity contribution < 1.29 is 22.4 Å². The van der Waals surface area contributed by atoms with Gasteiger partial charge < -0.3 is 9.73 Å². The van der Waals surface area contributed by atoms with Crippen LogP contribution >= 0.6 is 0 Å². The van der Waals surface area contributed by atoms with Gasteiger partial charge in [-0.3, -0.25) is 4.79 Å². The third-order valence-corrected chi connectivity index (χ3v) is 4.39. The number of carbonyl (C=O) groups is 1. The number of hydrogen-bond acceptors (Lipinski definition) is 3. The number of benzene rings is 2. The Hall–Kier alpha value is -3.79. The SMILES string of the molecule is Cc1ccc(C)c(NC(=O)/C(C#N)=C/c2ccc(-c3cccc(C(F)(F)F)c3)o2)c1. The van der Waals surface area contributed by atoms with Crippen molar-refractivity contribution in [2.24, 2.45) is 0 Å². The fraction of sp³-hybridized carbons (Fsp3) is 0.130. The number of rotatable bonds is 4. The van der Waals surface area contributed by atoms with Gasteiger partial charge in [0.25, 0.3) is 5.91 Å². The Bertz CT molecular complexity index is 1170. The normalized spacial score (nSPS) is 11.8. The molecule has 3 aromatic rings. The lowest BCUT2D eigenvalue weighted by Gasteiger charge is -2.08. The van der Waals surface area contributed by atoms with Gasteiger partial charge >= 0.3 is 6.18 Å². The summed E-state index contributed by atoms with van der Waals surface area (Å²) in [5, 5.41) is 12.1. The van der Waals surface area contributed by atoms with Crippen molar-refractivity contribution in [3.63, 3.8) is 0 Å². The van der Waals surface area contributed by atoms with Crippen molar-refractivity contribution in [1.29, 1.82) is 5.26 Å². The molecule has 0 aliphatic heterocycles. The first-order valence-corrected chi connectivity index (χ1v) is 8.95. The molecule has 0 saturated carbocycles. The fourth-order valence-corrected chi connectivity index (χ4v) is 2.79. The Balaban J connectivity index is 1.84. The van der Waals surface area contributed by atoms with Crippen LogP contribution in [0, 0.1) is 25.2 Å². The van der Waals surface area contributed by atoms with Crippen molar-refractivity contribution >= 4 is 17.7 Å². The second-order valence-corrected chi connectivity index (χ2v) is 6.72. The number of halogens is 3. The Morgan fingerprint density at radius 1 is 1.10 bits per heavy atom. The number of nitrogens with zero attached hydrogens (tertiary/aromatic N) is 1. The second kappa shape index (κ2) is 8.29. The molecule has 1 heterocycles. The standard InChI is InChI=1S/C23H17F3N2O2/c1-14-6-7-15(2)20(10-14)28-22(29)17(13-27)12-19-8-9-21(30-19)16-4-3-5-18(11-16)23(24,25)26/h3-12H,1-2H3,(H,28,29)/b17-12+. The van der Waals surface area contributed by atoms with Crippen LogP contribution in [-0.2, 0) is 11.0 Å². The predicted molar refractivity (Wildman–Crippen MR) is 107 cm³/mol. The molecule has 0 atom stereocenters. The van der Waals surface area contributed by atoms with Crippen LogP contribution < -0.4 is 5.32 Å². The van der Waals surface area contributed by atoms with E-state index in [0.29, 0.717) is 5.69 Å². The van der Waals surface area contributed by atoms with E-state index in [4.69, 9.17) is 4.42 Å². The zero-order valence-corrected chi connectivity index (χ0v) is 16.2. The maximum atomic E-state index is 12.9. The Labute approximate surface area is 171 Å². The Morgan fingerprint density at radius 3 is 2.57 bits per heavy atom. The van der Waals surface area contributed by atoms with Crippen LogP contribution in [0.25, 0.3) is 17.4 Å². The van der Waals surface area contributed by atoms with Crippen molar-refractivity contribution in [2.75, 3.05) is 5.32 Å². The van der Waals surface area contributed by atoms with E-state index in [0.717, 1.165) is 23.3 Å². The molecule has 1 N–H and O–H groups in total. The molecule has 2 aromatic carbocycles. The third kappa shape index (κ3) is 4.78. The van der Waals surface area contributed by atoms with Gasteiger partial charge in [0.05, 0.1) is 5.56 Å². The number of nitriles is 1. The molecule has 0 unspecified atom stereocenters. The molecular formula is C23H17F3N2O2. The first-order chi connectivity index (χ1) is 14.2. The number of alkyl halides is 3.